The number of guanidine groups is 1. The number of nitrogens with one attached hydrogen (secondary N) is 1. The van der Waals surface area contributed by atoms with Gasteiger partial charge < -0.3 is 20.9 Å². The van der Waals surface area contributed by atoms with Crippen molar-refractivity contribution in [2.24, 2.45) is 58.1 Å². The van der Waals surface area contributed by atoms with Crippen molar-refractivity contribution in [1.29, 1.82) is 0 Å². The summed E-state index contributed by atoms with van der Waals surface area (Å²) < 4.78 is 41.7. The highest BCUT2D eigenvalue weighted by molar-refractivity contribution is 5.93. The van der Waals surface area contributed by atoms with E-state index in [-0.39, 0.29) is 23.9 Å². The minimum atomic E-state index is -4.79. The summed E-state index contributed by atoms with van der Waals surface area (Å²) in [7, 11) is 0. The number of aliphatic hydroxyl groups is 1. The highest BCUT2D eigenvalue weighted by Crippen LogP contribution is 2.85. The summed E-state index contributed by atoms with van der Waals surface area (Å²) in [6.07, 6.45) is -2.26. The van der Waals surface area contributed by atoms with Crippen molar-refractivity contribution in [3.63, 3.8) is 0 Å². The van der Waals surface area contributed by atoms with Gasteiger partial charge in [-0.1, -0.05) is 12.1 Å². The Kier molecular flexibility index (Phi) is 3.11. The van der Waals surface area contributed by atoms with Crippen LogP contribution in [0.15, 0.2) is 29.3 Å². The maximum absolute atomic E-state index is 12.6. The number of hydrogen-bond acceptors (Lipinski definition) is 3. The number of fused-ring (bicyclic) bond motifs is 2. The van der Waals surface area contributed by atoms with Crippen LogP contribution >= 0.6 is 0 Å². The molecule has 9 unspecified atom stereocenters. The van der Waals surface area contributed by atoms with Crippen molar-refractivity contribution in [1.82, 2.24) is 0 Å². The maximum atomic E-state index is 12.6. The van der Waals surface area contributed by atoms with E-state index < -0.39 is 12.0 Å². The first-order chi connectivity index (χ1) is 13.3. The average Bonchev–Trinajstić information content (AvgIpc) is 3.12. The Hall–Kier alpha value is -1.96. The van der Waals surface area contributed by atoms with Crippen LogP contribution in [0.3, 0.4) is 0 Å². The van der Waals surface area contributed by atoms with Gasteiger partial charge >= 0.3 is 6.36 Å². The fraction of sp³-hybridized carbons (Fsp3) is 0.650. The largest absolute Gasteiger partial charge is 0.573 e. The molecule has 28 heavy (non-hydrogen) atoms. The summed E-state index contributed by atoms with van der Waals surface area (Å²) in [5.41, 5.74) is 5.24. The zero-order chi connectivity index (χ0) is 19.4. The number of nitrogens with two attached hydrogens (primary N) is 1. The van der Waals surface area contributed by atoms with Gasteiger partial charge in [-0.2, -0.15) is 0 Å². The van der Waals surface area contributed by atoms with Crippen molar-refractivity contribution < 1.29 is 23.0 Å². The molecular weight excluding hydrogens is 371 g/mol. The molecule has 1 aromatic carbocycles. The molecular formula is C20H22F3N3O2. The lowest BCUT2D eigenvalue weighted by atomic mass is 9.56. The van der Waals surface area contributed by atoms with Gasteiger partial charge in [-0.05, 0) is 72.3 Å². The highest BCUT2D eigenvalue weighted by Gasteiger charge is 2.84. The number of hydrogen-bond donors (Lipinski definition) is 3. The van der Waals surface area contributed by atoms with Gasteiger partial charge in [0, 0.05) is 0 Å². The van der Waals surface area contributed by atoms with Crippen molar-refractivity contribution >= 4 is 11.6 Å². The van der Waals surface area contributed by atoms with Crippen LogP contribution in [-0.2, 0) is 0 Å². The number of aliphatic imine (C=N–C) groups is 1. The van der Waals surface area contributed by atoms with Crippen LogP contribution in [0.2, 0.25) is 0 Å². The molecule has 0 saturated heterocycles. The van der Waals surface area contributed by atoms with Gasteiger partial charge in [0.1, 0.15) is 0 Å². The molecule has 5 fully saturated rings. The third kappa shape index (κ3) is 1.99. The number of alkyl halides is 3. The van der Waals surface area contributed by atoms with E-state index in [9.17, 15) is 18.3 Å². The molecule has 0 aliphatic heterocycles. The number of para-hydroxylation sites is 2. The van der Waals surface area contributed by atoms with Crippen molar-refractivity contribution in [3.05, 3.63) is 24.3 Å². The van der Waals surface area contributed by atoms with Crippen LogP contribution in [0.4, 0.5) is 18.9 Å². The molecule has 0 aromatic heterocycles. The molecule has 0 spiro atoms. The molecule has 5 nitrogen and oxygen atoms in total. The van der Waals surface area contributed by atoms with Crippen LogP contribution in [-0.4, -0.2) is 29.6 Å². The third-order valence-corrected chi connectivity index (χ3v) is 8.40. The van der Waals surface area contributed by atoms with Gasteiger partial charge in [0.05, 0.1) is 17.8 Å². The van der Waals surface area contributed by atoms with Gasteiger partial charge in [-0.3, -0.25) is 4.99 Å². The summed E-state index contributed by atoms with van der Waals surface area (Å²) in [6.45, 7) is 0.211. The van der Waals surface area contributed by atoms with Gasteiger partial charge in [0.2, 0.25) is 0 Å². The number of anilines is 1. The second kappa shape index (κ2) is 5.14. The van der Waals surface area contributed by atoms with E-state index in [1.54, 1.807) is 6.07 Å². The van der Waals surface area contributed by atoms with E-state index in [1.807, 2.05) is 0 Å². The molecule has 0 amide bonds. The Labute approximate surface area is 160 Å². The first kappa shape index (κ1) is 16.9. The predicted octanol–water partition coefficient (Wildman–Crippen LogP) is 2.82. The maximum Gasteiger partial charge on any atom is 0.573 e. The molecule has 1 aromatic rings. The van der Waals surface area contributed by atoms with Gasteiger partial charge in [-0.25, -0.2) is 0 Å². The van der Waals surface area contributed by atoms with Crippen molar-refractivity contribution in [3.8, 4) is 5.75 Å². The minimum Gasteiger partial charge on any atom is -0.404 e. The van der Waals surface area contributed by atoms with Gasteiger partial charge in [-0.15, -0.1) is 13.2 Å². The number of ether oxygens (including phenoxy) is 1. The van der Waals surface area contributed by atoms with E-state index in [2.05, 4.69) is 15.0 Å². The molecule has 6 rings (SSSR count). The van der Waals surface area contributed by atoms with Crippen molar-refractivity contribution in [2.45, 2.75) is 24.8 Å². The molecule has 5 aliphatic rings. The SMILES string of the molecule is NC(=NCC1(O)C2C3CC4C5C3CC2C5C41)Nc1ccccc1OC(F)(F)F. The van der Waals surface area contributed by atoms with Crippen LogP contribution < -0.4 is 15.8 Å². The molecule has 5 saturated carbocycles. The predicted molar refractivity (Wildman–Crippen MR) is 95.3 cm³/mol. The molecule has 0 heterocycles. The fourth-order valence-electron chi connectivity index (χ4n) is 8.11. The smallest absolute Gasteiger partial charge is 0.404 e. The lowest BCUT2D eigenvalue weighted by Crippen LogP contribution is -2.56. The number of halogens is 3. The standard InChI is InChI=1S/C20H22F3N3O2/c21-20(22,23)28-13-4-2-1-3-12(13)26-18(24)25-7-19(27)16-9-6-10-14-8(9)5-11(16)15(14)17(10)19/h1-4,8-11,14-17,27H,5-7H2,(H3,24,25,26). The summed E-state index contributed by atoms with van der Waals surface area (Å²) in [6, 6.07) is 5.70. The number of nitrogens with zero attached hydrogens (tertiary/aromatic N) is 1. The summed E-state index contributed by atoms with van der Waals surface area (Å²) >= 11 is 0. The molecule has 9 atom stereocenters. The quantitative estimate of drug-likeness (QED) is 0.543. The first-order valence-electron chi connectivity index (χ1n) is 9.92. The van der Waals surface area contributed by atoms with E-state index in [0.717, 1.165) is 11.8 Å². The van der Waals surface area contributed by atoms with Gasteiger partial charge in [0.25, 0.3) is 0 Å². The van der Waals surface area contributed by atoms with Crippen LogP contribution in [0.25, 0.3) is 0 Å². The summed E-state index contributed by atoms with van der Waals surface area (Å²) in [5.74, 6) is 4.47. The van der Waals surface area contributed by atoms with Crippen LogP contribution in [0.1, 0.15) is 12.8 Å². The molecule has 8 heteroatoms. The van der Waals surface area contributed by atoms with Crippen LogP contribution in [0.5, 0.6) is 5.75 Å². The summed E-state index contributed by atoms with van der Waals surface area (Å²) in [4.78, 5) is 4.35. The topological polar surface area (TPSA) is 79.9 Å². The zero-order valence-electron chi connectivity index (χ0n) is 15.1. The molecule has 2 bridgehead atoms. The lowest BCUT2D eigenvalue weighted by Gasteiger charge is -2.51. The van der Waals surface area contributed by atoms with E-state index in [1.165, 1.54) is 31.0 Å². The Morgan fingerprint density at radius 1 is 1.14 bits per heavy atom. The third-order valence-electron chi connectivity index (χ3n) is 8.40. The lowest BCUT2D eigenvalue weighted by molar-refractivity contribution is -0.274. The Morgan fingerprint density at radius 3 is 2.64 bits per heavy atom. The highest BCUT2D eigenvalue weighted by atomic mass is 19.4. The van der Waals surface area contributed by atoms with E-state index in [4.69, 9.17) is 5.73 Å². The van der Waals surface area contributed by atoms with Gasteiger partial charge in [0.15, 0.2) is 11.7 Å². The van der Waals surface area contributed by atoms with E-state index >= 15 is 0 Å². The Morgan fingerprint density at radius 2 is 1.86 bits per heavy atom. The number of benzene rings is 1. The summed E-state index contributed by atoms with van der Waals surface area (Å²) in [5, 5.41) is 14.2. The fourth-order valence-corrected chi connectivity index (χ4v) is 8.11. The normalized spacial score (nSPS) is 46.9. The van der Waals surface area contributed by atoms with Crippen molar-refractivity contribution in [2.75, 3.05) is 11.9 Å². The van der Waals surface area contributed by atoms with E-state index in [0.29, 0.717) is 35.5 Å². The second-order valence-corrected chi connectivity index (χ2v) is 9.19. The first-order valence-corrected chi connectivity index (χ1v) is 9.92. The Balaban J connectivity index is 1.20. The zero-order valence-corrected chi connectivity index (χ0v) is 15.1. The molecule has 4 N–H and O–H groups in total. The number of rotatable bonds is 4. The second-order valence-electron chi connectivity index (χ2n) is 9.19. The monoisotopic (exact) mass is 393 g/mol. The molecule has 150 valence electrons. The Bertz CT molecular complexity index is 868. The minimum absolute atomic E-state index is 0.00927. The molecule has 0 radical (unpaired) electrons. The average molecular weight is 393 g/mol. The molecule has 5 aliphatic carbocycles. The van der Waals surface area contributed by atoms with Crippen LogP contribution in [0, 0.1) is 47.3 Å².